The summed E-state index contributed by atoms with van der Waals surface area (Å²) in [6.45, 7) is 16.3. The molecule has 0 aromatic heterocycles. The molecule has 0 aliphatic carbocycles. The van der Waals surface area contributed by atoms with Gasteiger partial charge in [-0.1, -0.05) is 30.3 Å². The minimum atomic E-state index is -1.30. The van der Waals surface area contributed by atoms with E-state index in [4.69, 9.17) is 42.7 Å². The minimum absolute atomic E-state index is 0.0221. The monoisotopic (exact) mass is 800 g/mol. The normalized spacial score (nSPS) is 12.1. The van der Waals surface area contributed by atoms with Crippen molar-refractivity contribution in [3.63, 3.8) is 0 Å². The second kappa shape index (κ2) is 26.1. The lowest BCUT2D eigenvalue weighted by atomic mass is 10.0. The molecule has 2 amide bonds. The van der Waals surface area contributed by atoms with Gasteiger partial charge in [-0.3, -0.25) is 14.4 Å². The molecule has 17 nitrogen and oxygen atoms in total. The number of amides is 2. The summed E-state index contributed by atoms with van der Waals surface area (Å²) < 4.78 is 44.5. The first kappa shape index (κ1) is 50.1. The Morgan fingerprint density at radius 3 is 1.62 bits per heavy atom. The predicted octanol–water partition coefficient (Wildman–Crippen LogP) is 4.21. The van der Waals surface area contributed by atoms with E-state index in [9.17, 15) is 24.1 Å². The summed E-state index contributed by atoms with van der Waals surface area (Å²) in [6, 6.07) is 9.33. The molecule has 1 aromatic rings. The van der Waals surface area contributed by atoms with Crippen molar-refractivity contribution in [2.45, 2.75) is 111 Å². The molecular weight excluding hydrogens is 734 g/mol. The Morgan fingerprint density at radius 2 is 1.11 bits per heavy atom. The third-order valence-electron chi connectivity index (χ3n) is 6.65. The molecule has 2 N–H and O–H groups in total. The third-order valence-corrected chi connectivity index (χ3v) is 6.65. The molecule has 1 aromatic carbocycles. The first-order valence-corrected chi connectivity index (χ1v) is 18.9. The van der Waals surface area contributed by atoms with E-state index < -0.39 is 46.3 Å². The van der Waals surface area contributed by atoms with Gasteiger partial charge in [0.1, 0.15) is 30.0 Å². The standard InChI is InChI=1S/C39H65N3O14/c1-36(2,3)54-33(44)16-21-50-28-39(29-51-22-17-34(45)55-37(4,5)6,30-52-24-19-42(47)56-38(7,8)9)41-32(43)15-20-48-25-26-49-23-18-40-35(46)53-27-31-13-11-10-12-14-31/h10-14H,15-30H2,1-9H3,(H-,40,41,43,46)/p+1. The molecular formula is C39H66N3O14+. The number of ether oxygens (including phenoxy) is 8. The second-order valence-corrected chi connectivity index (χ2v) is 15.9. The highest BCUT2D eigenvalue weighted by atomic mass is 16.8. The van der Waals surface area contributed by atoms with E-state index in [1.165, 1.54) is 0 Å². The Labute approximate surface area is 331 Å². The van der Waals surface area contributed by atoms with E-state index in [0.717, 1.165) is 5.56 Å². The molecule has 0 fully saturated rings. The molecule has 320 valence electrons. The highest BCUT2D eigenvalue weighted by Crippen LogP contribution is 2.14. The molecule has 17 heteroatoms. The molecule has 0 aliphatic rings. The van der Waals surface area contributed by atoms with Crippen molar-refractivity contribution in [1.82, 2.24) is 10.6 Å². The van der Waals surface area contributed by atoms with Crippen LogP contribution in [-0.2, 0) is 63.7 Å². The first-order valence-electron chi connectivity index (χ1n) is 18.9. The summed E-state index contributed by atoms with van der Waals surface area (Å²) in [5, 5.41) is 5.54. The number of rotatable bonds is 28. The Hall–Kier alpha value is -3.90. The van der Waals surface area contributed by atoms with Crippen LogP contribution in [0.4, 0.5) is 4.79 Å². The lowest BCUT2D eigenvalue weighted by molar-refractivity contribution is -0.821. The van der Waals surface area contributed by atoms with Gasteiger partial charge < -0.3 is 48.5 Å². The van der Waals surface area contributed by atoms with E-state index in [0.29, 0.717) is 4.92 Å². The number of carbonyl (C=O) groups is 4. The van der Waals surface area contributed by atoms with Gasteiger partial charge in [-0.05, 0) is 67.9 Å². The Kier molecular flexibility index (Phi) is 23.4. The summed E-state index contributed by atoms with van der Waals surface area (Å²) in [7, 11) is 0. The summed E-state index contributed by atoms with van der Waals surface area (Å²) in [5.74, 6) is -1.32. The number of carbonyl (C=O) groups excluding carboxylic acids is 4. The van der Waals surface area contributed by atoms with Gasteiger partial charge in [-0.25, -0.2) is 9.63 Å². The number of hydrogen-bond acceptors (Lipinski definition) is 14. The van der Waals surface area contributed by atoms with Gasteiger partial charge in [-0.15, -0.1) is 0 Å². The van der Waals surface area contributed by atoms with Crippen LogP contribution in [0.15, 0.2) is 30.3 Å². The van der Waals surface area contributed by atoms with Crippen LogP contribution in [0, 0.1) is 4.91 Å². The van der Waals surface area contributed by atoms with Crippen LogP contribution in [0.1, 0.15) is 87.1 Å². The topological polar surface area (TPSA) is 195 Å². The number of esters is 2. The van der Waals surface area contributed by atoms with Gasteiger partial charge >= 0.3 is 18.0 Å². The van der Waals surface area contributed by atoms with Gasteiger partial charge in [-0.2, -0.15) is 0 Å². The highest BCUT2D eigenvalue weighted by Gasteiger charge is 2.35. The van der Waals surface area contributed by atoms with Crippen molar-refractivity contribution < 1.29 is 66.8 Å². The fraction of sp³-hybridized carbons (Fsp3) is 0.744. The minimum Gasteiger partial charge on any atom is -0.460 e. The van der Waals surface area contributed by atoms with Crippen LogP contribution < -0.4 is 10.6 Å². The van der Waals surface area contributed by atoms with Crippen molar-refractivity contribution >= 4 is 23.9 Å². The average Bonchev–Trinajstić information content (AvgIpc) is 3.07. The largest absolute Gasteiger partial charge is 0.460 e. The summed E-state index contributed by atoms with van der Waals surface area (Å²) >= 11 is 0. The van der Waals surface area contributed by atoms with Crippen LogP contribution in [0.5, 0.6) is 0 Å². The molecule has 0 aliphatic heterocycles. The highest BCUT2D eigenvalue weighted by molar-refractivity contribution is 5.77. The predicted molar refractivity (Wildman–Crippen MR) is 204 cm³/mol. The van der Waals surface area contributed by atoms with Crippen LogP contribution in [-0.4, -0.2) is 130 Å². The van der Waals surface area contributed by atoms with Gasteiger partial charge in [0.25, 0.3) is 6.54 Å². The fourth-order valence-corrected chi connectivity index (χ4v) is 4.47. The molecule has 0 saturated heterocycles. The van der Waals surface area contributed by atoms with Crippen LogP contribution in [0.3, 0.4) is 0 Å². The average molecular weight is 801 g/mol. The van der Waals surface area contributed by atoms with E-state index in [1.54, 1.807) is 62.3 Å². The van der Waals surface area contributed by atoms with Crippen LogP contribution in [0.25, 0.3) is 0 Å². The van der Waals surface area contributed by atoms with Crippen molar-refractivity contribution in [2.75, 3.05) is 79.2 Å². The van der Waals surface area contributed by atoms with Gasteiger partial charge in [0.2, 0.25) is 10.8 Å². The maximum Gasteiger partial charge on any atom is 0.407 e. The molecule has 0 atom stereocenters. The van der Waals surface area contributed by atoms with E-state index in [1.807, 2.05) is 30.3 Å². The molecule has 0 spiro atoms. The maximum atomic E-state index is 13.3. The molecule has 0 heterocycles. The SMILES string of the molecule is CC(C)(C)OC(=O)CCOCC(COCCC(=O)OC(C)(C)C)(COCC[N+](=O)OC(C)(C)C)NC(=O)CCOCCOCCNC(=O)OCc1ccccc1. The molecule has 0 bridgehead atoms. The van der Waals surface area contributed by atoms with Crippen molar-refractivity contribution in [2.24, 2.45) is 0 Å². The van der Waals surface area contributed by atoms with Crippen molar-refractivity contribution in [3.05, 3.63) is 40.8 Å². The fourth-order valence-electron chi connectivity index (χ4n) is 4.47. The quantitative estimate of drug-likeness (QED) is 0.0529. The Morgan fingerprint density at radius 1 is 0.607 bits per heavy atom. The van der Waals surface area contributed by atoms with Crippen LogP contribution >= 0.6 is 0 Å². The molecule has 0 unspecified atom stereocenters. The van der Waals surface area contributed by atoms with E-state index >= 15 is 0 Å². The van der Waals surface area contributed by atoms with E-state index in [2.05, 4.69) is 10.6 Å². The molecule has 1 rings (SSSR count). The molecule has 0 saturated carbocycles. The van der Waals surface area contributed by atoms with Gasteiger partial charge in [0, 0.05) is 13.0 Å². The van der Waals surface area contributed by atoms with Gasteiger partial charge in [0.05, 0.1) is 77.2 Å². The second-order valence-electron chi connectivity index (χ2n) is 15.9. The number of nitrogens with zero attached hydrogens (tertiary/aromatic N) is 1. The van der Waals surface area contributed by atoms with E-state index in [-0.39, 0.29) is 105 Å². The van der Waals surface area contributed by atoms with Crippen molar-refractivity contribution in [3.8, 4) is 0 Å². The third kappa shape index (κ3) is 28.5. The Balaban J connectivity index is 2.75. The number of hydrogen-bond donors (Lipinski definition) is 2. The number of benzene rings is 1. The Bertz CT molecular complexity index is 1220. The zero-order valence-corrected chi connectivity index (χ0v) is 34.9. The van der Waals surface area contributed by atoms with Crippen molar-refractivity contribution in [1.29, 1.82) is 0 Å². The zero-order chi connectivity index (χ0) is 42.1. The maximum absolute atomic E-state index is 13.3. The first-order chi connectivity index (χ1) is 26.2. The molecule has 0 radical (unpaired) electrons. The number of nitrogens with one attached hydrogen (secondary N) is 2. The lowest BCUT2D eigenvalue weighted by Crippen LogP contribution is -2.59. The summed E-state index contributed by atoms with van der Waals surface area (Å²) in [5.41, 5.74) is -2.45. The smallest absolute Gasteiger partial charge is 0.407 e. The zero-order valence-electron chi connectivity index (χ0n) is 34.9. The summed E-state index contributed by atoms with van der Waals surface area (Å²) in [4.78, 5) is 67.6. The van der Waals surface area contributed by atoms with Crippen LogP contribution in [0.2, 0.25) is 0 Å². The molecule has 56 heavy (non-hydrogen) atoms. The summed E-state index contributed by atoms with van der Waals surface area (Å²) in [6.07, 6.45) is -0.673. The van der Waals surface area contributed by atoms with Gasteiger partial charge in [0.15, 0.2) is 5.60 Å². The number of alkyl carbamates (subject to hydrolysis) is 1. The lowest BCUT2D eigenvalue weighted by Gasteiger charge is -2.34.